The number of rotatable bonds is 2. The van der Waals surface area contributed by atoms with Gasteiger partial charge in [-0.1, -0.05) is 0 Å². The van der Waals surface area contributed by atoms with E-state index in [1.165, 1.54) is 25.7 Å². The van der Waals surface area contributed by atoms with Crippen molar-refractivity contribution in [3.05, 3.63) is 36.4 Å². The maximum atomic E-state index is 12.2. The van der Waals surface area contributed by atoms with Gasteiger partial charge in [0.25, 0.3) is 0 Å². The highest BCUT2D eigenvalue weighted by molar-refractivity contribution is 6.04. The molecule has 7 nitrogen and oxygen atoms in total. The summed E-state index contributed by atoms with van der Waals surface area (Å²) in [6, 6.07) is 10.1. The van der Waals surface area contributed by atoms with Gasteiger partial charge in [0, 0.05) is 44.3 Å². The third-order valence-electron chi connectivity index (χ3n) is 3.58. The summed E-state index contributed by atoms with van der Waals surface area (Å²) in [5.74, 6) is 0.299. The molecule has 0 aliphatic carbocycles. The van der Waals surface area contributed by atoms with Crippen LogP contribution < -0.4 is 20.3 Å². The number of hydrogen-bond donors (Lipinski definition) is 2. The molecule has 0 bridgehead atoms. The first-order chi connectivity index (χ1) is 11.8. The fourth-order valence-electron chi connectivity index (χ4n) is 2.71. The van der Waals surface area contributed by atoms with Gasteiger partial charge in [-0.2, -0.15) is 0 Å². The Morgan fingerprint density at radius 1 is 0.800 bits per heavy atom. The highest BCUT2D eigenvalue weighted by atomic mass is 16.5. The van der Waals surface area contributed by atoms with Crippen LogP contribution in [-0.2, 0) is 14.4 Å². The topological polar surface area (TPSA) is 87.7 Å². The van der Waals surface area contributed by atoms with Gasteiger partial charge in [0.15, 0.2) is 11.5 Å². The largest absolute Gasteiger partial charge is 0.453 e. The lowest BCUT2D eigenvalue weighted by Crippen LogP contribution is -2.26. The summed E-state index contributed by atoms with van der Waals surface area (Å²) in [7, 11) is 0. The molecule has 0 saturated carbocycles. The third-order valence-corrected chi connectivity index (χ3v) is 3.58. The van der Waals surface area contributed by atoms with E-state index in [9.17, 15) is 14.4 Å². The number of anilines is 4. The molecule has 2 N–H and O–H groups in total. The normalized spacial score (nSPS) is 11.7. The van der Waals surface area contributed by atoms with Gasteiger partial charge in [-0.05, 0) is 24.3 Å². The van der Waals surface area contributed by atoms with Crippen molar-refractivity contribution in [2.24, 2.45) is 0 Å². The number of benzene rings is 2. The second-order valence-corrected chi connectivity index (χ2v) is 5.68. The maximum absolute atomic E-state index is 12.2. The lowest BCUT2D eigenvalue weighted by molar-refractivity contribution is -0.116. The number of nitrogens with one attached hydrogen (secondary N) is 2. The molecule has 0 fully saturated rings. The molecule has 1 aliphatic heterocycles. The molecule has 7 heteroatoms. The Morgan fingerprint density at radius 2 is 1.24 bits per heavy atom. The fourth-order valence-corrected chi connectivity index (χ4v) is 2.71. The standard InChI is InChI=1S/C18H17N3O4/c1-10(22)19-13-4-6-15-17(8-13)25-18-9-14(20-11(2)23)5-7-16(18)21(15)12(3)24/h4-9H,1-3H3,(H,19,22)(H,20,23). The first-order valence-corrected chi connectivity index (χ1v) is 7.67. The molecule has 0 spiro atoms. The van der Waals surface area contributed by atoms with Crippen LogP contribution in [0.25, 0.3) is 0 Å². The molecule has 0 saturated heterocycles. The molecule has 0 atom stereocenters. The van der Waals surface area contributed by atoms with E-state index < -0.39 is 0 Å². The van der Waals surface area contributed by atoms with E-state index >= 15 is 0 Å². The molecular formula is C18H17N3O4. The van der Waals surface area contributed by atoms with E-state index in [1.807, 2.05) is 0 Å². The molecule has 3 amide bonds. The smallest absolute Gasteiger partial charge is 0.228 e. The van der Waals surface area contributed by atoms with E-state index in [0.717, 1.165) is 0 Å². The first kappa shape index (κ1) is 16.5. The van der Waals surface area contributed by atoms with Crippen LogP contribution in [0.15, 0.2) is 36.4 Å². The van der Waals surface area contributed by atoms with Crippen LogP contribution in [0, 0.1) is 0 Å². The zero-order chi connectivity index (χ0) is 18.1. The Bertz CT molecular complexity index is 826. The summed E-state index contributed by atoms with van der Waals surface area (Å²) in [6.07, 6.45) is 0. The van der Waals surface area contributed by atoms with Crippen molar-refractivity contribution in [1.82, 2.24) is 0 Å². The van der Waals surface area contributed by atoms with Gasteiger partial charge in [-0.15, -0.1) is 0 Å². The lowest BCUT2D eigenvalue weighted by atomic mass is 10.1. The molecule has 2 aromatic carbocycles. The molecule has 0 aromatic heterocycles. The van der Waals surface area contributed by atoms with Crippen LogP contribution in [-0.4, -0.2) is 17.7 Å². The summed E-state index contributed by atoms with van der Waals surface area (Å²) in [5, 5.41) is 5.36. The van der Waals surface area contributed by atoms with Gasteiger partial charge in [-0.25, -0.2) is 0 Å². The van der Waals surface area contributed by atoms with Crippen molar-refractivity contribution in [2.75, 3.05) is 15.5 Å². The number of amides is 3. The van der Waals surface area contributed by atoms with E-state index in [2.05, 4.69) is 10.6 Å². The van der Waals surface area contributed by atoms with E-state index in [-0.39, 0.29) is 17.7 Å². The molecule has 1 aliphatic rings. The SMILES string of the molecule is CC(=O)Nc1ccc2c(c1)Oc1cc(NC(C)=O)ccc1N2C(C)=O. The quantitative estimate of drug-likeness (QED) is 0.878. The molecule has 25 heavy (non-hydrogen) atoms. The first-order valence-electron chi connectivity index (χ1n) is 7.67. The Morgan fingerprint density at radius 3 is 1.60 bits per heavy atom. The molecule has 0 radical (unpaired) electrons. The maximum Gasteiger partial charge on any atom is 0.228 e. The molecular weight excluding hydrogens is 322 g/mol. The number of nitrogens with zero attached hydrogens (tertiary/aromatic N) is 1. The number of carbonyl (C=O) groups is 3. The number of fused-ring (bicyclic) bond motifs is 2. The van der Waals surface area contributed by atoms with Gasteiger partial charge in [0.1, 0.15) is 0 Å². The van der Waals surface area contributed by atoms with Crippen molar-refractivity contribution in [1.29, 1.82) is 0 Å². The van der Waals surface area contributed by atoms with Crippen LogP contribution >= 0.6 is 0 Å². The summed E-state index contributed by atoms with van der Waals surface area (Å²) in [4.78, 5) is 36.2. The highest BCUT2D eigenvalue weighted by Crippen LogP contribution is 2.48. The van der Waals surface area contributed by atoms with Crippen molar-refractivity contribution in [3.8, 4) is 11.5 Å². The minimum Gasteiger partial charge on any atom is -0.453 e. The fraction of sp³-hybridized carbons (Fsp3) is 0.167. The Labute approximate surface area is 144 Å². The van der Waals surface area contributed by atoms with Gasteiger partial charge < -0.3 is 15.4 Å². The zero-order valence-corrected chi connectivity index (χ0v) is 14.0. The Kier molecular flexibility index (Phi) is 4.14. The predicted octanol–water partition coefficient (Wildman–Crippen LogP) is 3.39. The molecule has 128 valence electrons. The van der Waals surface area contributed by atoms with Gasteiger partial charge in [0.2, 0.25) is 17.7 Å². The van der Waals surface area contributed by atoms with Crippen molar-refractivity contribution < 1.29 is 19.1 Å². The van der Waals surface area contributed by atoms with E-state index in [0.29, 0.717) is 34.2 Å². The number of carbonyl (C=O) groups excluding carboxylic acids is 3. The van der Waals surface area contributed by atoms with E-state index in [1.54, 1.807) is 36.4 Å². The van der Waals surface area contributed by atoms with Gasteiger partial charge in [-0.3, -0.25) is 19.3 Å². The van der Waals surface area contributed by atoms with Gasteiger partial charge >= 0.3 is 0 Å². The molecule has 2 aromatic rings. The van der Waals surface area contributed by atoms with Crippen LogP contribution in [0.3, 0.4) is 0 Å². The minimum atomic E-state index is -0.201. The molecule has 0 unspecified atom stereocenters. The Hall–Kier alpha value is -3.35. The van der Waals surface area contributed by atoms with Crippen LogP contribution in [0.2, 0.25) is 0 Å². The minimum absolute atomic E-state index is 0.176. The van der Waals surface area contributed by atoms with Crippen LogP contribution in [0.4, 0.5) is 22.7 Å². The third kappa shape index (κ3) is 3.30. The Balaban J connectivity index is 2.06. The lowest BCUT2D eigenvalue weighted by Gasteiger charge is -2.31. The highest BCUT2D eigenvalue weighted by Gasteiger charge is 2.28. The average molecular weight is 339 g/mol. The van der Waals surface area contributed by atoms with E-state index in [4.69, 9.17) is 4.74 Å². The molecule has 1 heterocycles. The summed E-state index contributed by atoms with van der Waals surface area (Å²) >= 11 is 0. The summed E-state index contributed by atoms with van der Waals surface area (Å²) in [5.41, 5.74) is 2.30. The zero-order valence-electron chi connectivity index (χ0n) is 14.0. The van der Waals surface area contributed by atoms with Crippen LogP contribution in [0.5, 0.6) is 11.5 Å². The predicted molar refractivity (Wildman–Crippen MR) is 94.4 cm³/mol. The second-order valence-electron chi connectivity index (χ2n) is 5.68. The second kappa shape index (κ2) is 6.27. The summed E-state index contributed by atoms with van der Waals surface area (Å²) < 4.78 is 5.91. The van der Waals surface area contributed by atoms with Crippen molar-refractivity contribution in [3.63, 3.8) is 0 Å². The monoisotopic (exact) mass is 339 g/mol. The summed E-state index contributed by atoms with van der Waals surface area (Å²) in [6.45, 7) is 4.29. The van der Waals surface area contributed by atoms with Crippen LogP contribution in [0.1, 0.15) is 20.8 Å². The number of hydrogen-bond acceptors (Lipinski definition) is 4. The molecule has 3 rings (SSSR count). The van der Waals surface area contributed by atoms with Crippen molar-refractivity contribution in [2.45, 2.75) is 20.8 Å². The number of ether oxygens (including phenoxy) is 1. The average Bonchev–Trinajstić information content (AvgIpc) is 2.50. The van der Waals surface area contributed by atoms with Gasteiger partial charge in [0.05, 0.1) is 11.4 Å². The van der Waals surface area contributed by atoms with Crippen molar-refractivity contribution >= 4 is 40.5 Å².